The Morgan fingerprint density at radius 2 is 0.276 bits per heavy atom. The van der Waals surface area contributed by atoms with Gasteiger partial charge in [0.2, 0.25) is 0 Å². The van der Waals surface area contributed by atoms with E-state index in [0.717, 1.165) is 0 Å². The Morgan fingerprint density at radius 3 is 0.483 bits per heavy atom. The van der Waals surface area contributed by atoms with Crippen molar-refractivity contribution in [3.63, 3.8) is 0 Å². The van der Waals surface area contributed by atoms with Gasteiger partial charge in [-0.3, -0.25) is 0 Å². The zero-order chi connectivity index (χ0) is 38.4. The van der Waals surface area contributed by atoms with Gasteiger partial charge in [0, 0.05) is 0 Å². The third kappa shape index (κ3) is 5.69. The highest BCUT2D eigenvalue weighted by Crippen LogP contribution is 2.47. The summed E-state index contributed by atoms with van der Waals surface area (Å²) >= 11 is 0. The second kappa shape index (κ2) is 14.2. The fraction of sp³-hybridized carbons (Fsp3) is 0. The molecule has 0 atom stereocenters. The van der Waals surface area contributed by atoms with Crippen molar-refractivity contribution < 1.29 is 0 Å². The maximum Gasteiger partial charge on any atom is -0.00264 e. The van der Waals surface area contributed by atoms with Crippen molar-refractivity contribution in [2.45, 2.75) is 0 Å². The Bertz CT molecular complexity index is 2930. The predicted octanol–water partition coefficient (Wildman–Crippen LogP) is 16.3. The summed E-state index contributed by atoms with van der Waals surface area (Å²) in [5.74, 6) is 0. The molecule has 0 unspecified atom stereocenters. The fourth-order valence-electron chi connectivity index (χ4n) is 9.22. The molecule has 0 bridgehead atoms. The van der Waals surface area contributed by atoms with Crippen molar-refractivity contribution in [2.75, 3.05) is 0 Å². The normalized spacial score (nSPS) is 11.4. The summed E-state index contributed by atoms with van der Waals surface area (Å²) in [6.07, 6.45) is 0. The first-order valence-electron chi connectivity index (χ1n) is 20.1. The van der Waals surface area contributed by atoms with Gasteiger partial charge in [-0.1, -0.05) is 231 Å². The number of hydrogen-bond donors (Lipinski definition) is 0. The zero-order valence-corrected chi connectivity index (χ0v) is 31.9. The molecule has 58 heavy (non-hydrogen) atoms. The second-order valence-corrected chi connectivity index (χ2v) is 15.1. The van der Waals surface area contributed by atoms with Crippen LogP contribution in [-0.2, 0) is 0 Å². The van der Waals surface area contributed by atoms with Gasteiger partial charge in [-0.15, -0.1) is 0 Å². The molecule has 0 aliphatic heterocycles. The van der Waals surface area contributed by atoms with Crippen LogP contribution < -0.4 is 0 Å². The average Bonchev–Trinajstić information content (AvgIpc) is 3.31. The molecular weight excluding hydrogens is 697 g/mol. The van der Waals surface area contributed by atoms with E-state index in [1.807, 2.05) is 0 Å². The molecule has 0 heteroatoms. The molecule has 0 radical (unpaired) electrons. The Hall–Kier alpha value is -7.54. The first-order valence-corrected chi connectivity index (χ1v) is 20.1. The summed E-state index contributed by atoms with van der Waals surface area (Å²) < 4.78 is 0. The summed E-state index contributed by atoms with van der Waals surface area (Å²) in [7, 11) is 0. The molecule has 0 aliphatic rings. The number of fused-ring (bicyclic) bond motifs is 4. The maximum atomic E-state index is 2.33. The molecule has 11 aromatic carbocycles. The SMILES string of the molecule is c1ccc(-c2ccc(-c3c4ccccc4c(-c4ccc(-c5c6ccccc6c(-c6ccc(-c7ccccc7)cc6)c6ccccc56)cc4)c4ccccc34)cc2)cc1. The van der Waals surface area contributed by atoms with Crippen LogP contribution in [0.5, 0.6) is 0 Å². The van der Waals surface area contributed by atoms with Gasteiger partial charge in [0.15, 0.2) is 0 Å². The zero-order valence-electron chi connectivity index (χ0n) is 31.9. The quantitative estimate of drug-likeness (QED) is 0.149. The average molecular weight is 735 g/mol. The second-order valence-electron chi connectivity index (χ2n) is 15.1. The molecule has 0 N–H and O–H groups in total. The van der Waals surface area contributed by atoms with E-state index >= 15 is 0 Å². The van der Waals surface area contributed by atoms with E-state index in [1.165, 1.54) is 110 Å². The van der Waals surface area contributed by atoms with Crippen LogP contribution in [0.2, 0.25) is 0 Å². The van der Waals surface area contributed by atoms with E-state index in [1.54, 1.807) is 0 Å². The van der Waals surface area contributed by atoms with Crippen molar-refractivity contribution in [3.8, 4) is 66.8 Å². The van der Waals surface area contributed by atoms with Gasteiger partial charge in [-0.2, -0.15) is 0 Å². The standard InChI is InChI=1S/C58H38/c1-3-15-39(16-4-1)41-27-31-43(32-28-41)55-47-19-7-11-23-51(47)57(52-24-12-8-20-48(52)55)45-35-37-46(38-36-45)58-53-25-13-9-21-49(53)56(50-22-10-14-26-54(50)58)44-33-29-42(30-34-44)40-17-5-2-6-18-40/h1-38H. The van der Waals surface area contributed by atoms with Crippen LogP contribution in [0.25, 0.3) is 110 Å². The van der Waals surface area contributed by atoms with Gasteiger partial charge in [-0.05, 0) is 110 Å². The van der Waals surface area contributed by atoms with Gasteiger partial charge >= 0.3 is 0 Å². The van der Waals surface area contributed by atoms with Crippen LogP contribution in [0, 0.1) is 0 Å². The lowest BCUT2D eigenvalue weighted by Gasteiger charge is -2.19. The highest BCUT2D eigenvalue weighted by Gasteiger charge is 2.19. The van der Waals surface area contributed by atoms with E-state index in [2.05, 4.69) is 231 Å². The number of benzene rings is 11. The number of rotatable bonds is 6. The molecule has 270 valence electrons. The minimum absolute atomic E-state index is 1.21. The molecule has 0 nitrogen and oxygen atoms in total. The third-order valence-corrected chi connectivity index (χ3v) is 11.9. The number of hydrogen-bond acceptors (Lipinski definition) is 0. The topological polar surface area (TPSA) is 0 Å². The smallest absolute Gasteiger partial charge is 0.00264 e. The first-order chi connectivity index (χ1) is 28.8. The van der Waals surface area contributed by atoms with Crippen LogP contribution in [0.4, 0.5) is 0 Å². The molecule has 0 saturated carbocycles. The Morgan fingerprint density at radius 1 is 0.121 bits per heavy atom. The molecule has 0 saturated heterocycles. The van der Waals surface area contributed by atoms with Gasteiger partial charge in [0.1, 0.15) is 0 Å². The Balaban J connectivity index is 1.05. The van der Waals surface area contributed by atoms with Crippen LogP contribution in [-0.4, -0.2) is 0 Å². The predicted molar refractivity (Wildman–Crippen MR) is 249 cm³/mol. The van der Waals surface area contributed by atoms with E-state index in [4.69, 9.17) is 0 Å². The first kappa shape index (κ1) is 33.8. The van der Waals surface area contributed by atoms with Gasteiger partial charge < -0.3 is 0 Å². The van der Waals surface area contributed by atoms with E-state index in [0.29, 0.717) is 0 Å². The molecule has 0 aliphatic carbocycles. The molecular formula is C58H38. The largest absolute Gasteiger partial charge is 0.0622 e. The minimum atomic E-state index is 1.21. The van der Waals surface area contributed by atoms with Crippen molar-refractivity contribution >= 4 is 43.1 Å². The highest BCUT2D eigenvalue weighted by atomic mass is 14.2. The third-order valence-electron chi connectivity index (χ3n) is 11.9. The highest BCUT2D eigenvalue weighted by molar-refractivity contribution is 6.23. The summed E-state index contributed by atoms with van der Waals surface area (Å²) in [5.41, 5.74) is 14.9. The summed E-state index contributed by atoms with van der Waals surface area (Å²) in [6.45, 7) is 0. The van der Waals surface area contributed by atoms with Crippen LogP contribution in [0.3, 0.4) is 0 Å². The van der Waals surface area contributed by atoms with Crippen LogP contribution >= 0.6 is 0 Å². The van der Waals surface area contributed by atoms with Crippen LogP contribution in [0.15, 0.2) is 231 Å². The minimum Gasteiger partial charge on any atom is -0.0622 e. The Labute approximate surface area is 339 Å². The lowest BCUT2D eigenvalue weighted by atomic mass is 9.84. The molecule has 0 heterocycles. The molecule has 0 amide bonds. The summed E-state index contributed by atoms with van der Waals surface area (Å²) in [5, 5.41) is 10.1. The monoisotopic (exact) mass is 734 g/mol. The lowest BCUT2D eigenvalue weighted by Crippen LogP contribution is -1.92. The van der Waals surface area contributed by atoms with Crippen molar-refractivity contribution in [1.82, 2.24) is 0 Å². The maximum absolute atomic E-state index is 2.33. The molecule has 0 spiro atoms. The van der Waals surface area contributed by atoms with Crippen molar-refractivity contribution in [1.29, 1.82) is 0 Å². The van der Waals surface area contributed by atoms with E-state index in [-0.39, 0.29) is 0 Å². The molecule has 11 rings (SSSR count). The summed E-state index contributed by atoms with van der Waals surface area (Å²) in [6, 6.07) is 84.4. The molecule has 0 aromatic heterocycles. The lowest BCUT2D eigenvalue weighted by molar-refractivity contribution is 1.61. The van der Waals surface area contributed by atoms with Crippen LogP contribution in [0.1, 0.15) is 0 Å². The van der Waals surface area contributed by atoms with Crippen molar-refractivity contribution in [3.05, 3.63) is 231 Å². The molecule has 0 fully saturated rings. The Kier molecular flexibility index (Phi) is 8.26. The summed E-state index contributed by atoms with van der Waals surface area (Å²) in [4.78, 5) is 0. The van der Waals surface area contributed by atoms with Crippen molar-refractivity contribution in [2.24, 2.45) is 0 Å². The van der Waals surface area contributed by atoms with E-state index < -0.39 is 0 Å². The van der Waals surface area contributed by atoms with Gasteiger partial charge in [-0.25, -0.2) is 0 Å². The molecule has 11 aromatic rings. The fourth-order valence-corrected chi connectivity index (χ4v) is 9.22. The van der Waals surface area contributed by atoms with Gasteiger partial charge in [0.25, 0.3) is 0 Å². The van der Waals surface area contributed by atoms with Gasteiger partial charge in [0.05, 0.1) is 0 Å². The van der Waals surface area contributed by atoms with E-state index in [9.17, 15) is 0 Å².